The van der Waals surface area contributed by atoms with Crippen LogP contribution in [0.4, 0.5) is 0 Å². The zero-order valence-electron chi connectivity index (χ0n) is 8.22. The van der Waals surface area contributed by atoms with Crippen molar-refractivity contribution in [3.05, 3.63) is 30.1 Å². The van der Waals surface area contributed by atoms with Gasteiger partial charge in [-0.3, -0.25) is 0 Å². The van der Waals surface area contributed by atoms with Crippen LogP contribution in [-0.4, -0.2) is 21.3 Å². The maximum Gasteiger partial charge on any atom is 0.124 e. The van der Waals surface area contributed by atoms with Gasteiger partial charge in [0, 0.05) is 6.54 Å². The van der Waals surface area contributed by atoms with Crippen molar-refractivity contribution in [1.82, 2.24) is 9.55 Å². The molecule has 0 unspecified atom stereocenters. The van der Waals surface area contributed by atoms with Crippen LogP contribution in [0.25, 0.3) is 11.0 Å². The number of nitriles is 1. The largest absolute Gasteiger partial charge is 0.395 e. The lowest BCUT2D eigenvalue weighted by atomic mass is 10.3. The lowest BCUT2D eigenvalue weighted by Gasteiger charge is -2.03. The second kappa shape index (κ2) is 4.11. The molecule has 0 fully saturated rings. The molecule has 0 saturated carbocycles. The number of benzene rings is 1. The Labute approximate surface area is 87.4 Å². The van der Waals surface area contributed by atoms with Crippen LogP contribution in [0.1, 0.15) is 5.82 Å². The van der Waals surface area contributed by atoms with E-state index in [1.165, 1.54) is 0 Å². The molecule has 1 aromatic heterocycles. The molecule has 1 N–H and O–H groups in total. The van der Waals surface area contributed by atoms with Crippen molar-refractivity contribution in [2.45, 2.75) is 13.0 Å². The number of fused-ring (bicyclic) bond motifs is 1. The van der Waals surface area contributed by atoms with Crippen LogP contribution in [0.2, 0.25) is 0 Å². The molecule has 0 spiro atoms. The van der Waals surface area contributed by atoms with Crippen LogP contribution < -0.4 is 0 Å². The summed E-state index contributed by atoms with van der Waals surface area (Å²) in [6.45, 7) is 0.538. The number of aliphatic hydroxyl groups is 1. The molecular weight excluding hydrogens is 190 g/mol. The average molecular weight is 201 g/mol. The minimum absolute atomic E-state index is 0.0543. The van der Waals surface area contributed by atoms with Gasteiger partial charge < -0.3 is 9.67 Å². The third-order valence-corrected chi connectivity index (χ3v) is 2.29. The molecule has 4 nitrogen and oxygen atoms in total. The molecule has 1 heterocycles. The second-order valence-corrected chi connectivity index (χ2v) is 3.23. The highest BCUT2D eigenvalue weighted by molar-refractivity contribution is 5.75. The molecule has 4 heteroatoms. The van der Waals surface area contributed by atoms with E-state index in [0.29, 0.717) is 12.4 Å². The first-order chi connectivity index (χ1) is 7.36. The van der Waals surface area contributed by atoms with Crippen LogP contribution >= 0.6 is 0 Å². The van der Waals surface area contributed by atoms with E-state index in [1.807, 2.05) is 28.8 Å². The first kappa shape index (κ1) is 9.69. The van der Waals surface area contributed by atoms with Gasteiger partial charge in [0.1, 0.15) is 5.82 Å². The van der Waals surface area contributed by atoms with Crippen molar-refractivity contribution < 1.29 is 5.11 Å². The summed E-state index contributed by atoms with van der Waals surface area (Å²) < 4.78 is 1.89. The molecule has 0 amide bonds. The van der Waals surface area contributed by atoms with Gasteiger partial charge in [-0.2, -0.15) is 5.26 Å². The van der Waals surface area contributed by atoms with Crippen LogP contribution in [0.5, 0.6) is 0 Å². The van der Waals surface area contributed by atoms with Crippen LogP contribution in [0.3, 0.4) is 0 Å². The summed E-state index contributed by atoms with van der Waals surface area (Å²) in [7, 11) is 0. The van der Waals surface area contributed by atoms with Crippen LogP contribution in [-0.2, 0) is 13.0 Å². The minimum atomic E-state index is 0.0543. The molecule has 0 aliphatic rings. The van der Waals surface area contributed by atoms with Crippen molar-refractivity contribution in [2.24, 2.45) is 0 Å². The van der Waals surface area contributed by atoms with Gasteiger partial charge in [-0.1, -0.05) is 12.1 Å². The van der Waals surface area contributed by atoms with Gasteiger partial charge in [0.15, 0.2) is 0 Å². The van der Waals surface area contributed by atoms with Gasteiger partial charge in [0.2, 0.25) is 0 Å². The summed E-state index contributed by atoms with van der Waals surface area (Å²) >= 11 is 0. The number of hydrogen-bond donors (Lipinski definition) is 1. The van der Waals surface area contributed by atoms with Gasteiger partial charge in [-0.05, 0) is 12.1 Å². The Kier molecular flexibility index (Phi) is 2.66. The topological polar surface area (TPSA) is 61.8 Å². The molecule has 76 valence electrons. The number of para-hydroxylation sites is 2. The summed E-state index contributed by atoms with van der Waals surface area (Å²) in [5, 5.41) is 17.6. The molecule has 0 aliphatic carbocycles. The fourth-order valence-electron chi connectivity index (χ4n) is 1.68. The molecule has 0 aliphatic heterocycles. The molecule has 1 aromatic carbocycles. The first-order valence-electron chi connectivity index (χ1n) is 4.78. The van der Waals surface area contributed by atoms with Gasteiger partial charge in [0.05, 0.1) is 30.1 Å². The zero-order chi connectivity index (χ0) is 10.7. The molecule has 0 atom stereocenters. The maximum absolute atomic E-state index is 8.96. The van der Waals surface area contributed by atoms with Crippen molar-refractivity contribution in [3.8, 4) is 6.07 Å². The fourth-order valence-corrected chi connectivity index (χ4v) is 1.68. The summed E-state index contributed by atoms with van der Waals surface area (Å²) in [5.41, 5.74) is 1.84. The highest BCUT2D eigenvalue weighted by atomic mass is 16.3. The first-order valence-corrected chi connectivity index (χ1v) is 4.78. The molecule has 0 radical (unpaired) electrons. The predicted octanol–water partition coefficient (Wildman–Crippen LogP) is 1.09. The molecule has 2 aromatic rings. The van der Waals surface area contributed by atoms with E-state index >= 15 is 0 Å². The third-order valence-electron chi connectivity index (χ3n) is 2.29. The Bertz CT molecular complexity index is 510. The third kappa shape index (κ3) is 1.69. The summed E-state index contributed by atoms with van der Waals surface area (Å²) in [4.78, 5) is 4.35. The number of aliphatic hydroxyl groups excluding tert-OH is 1. The molecule has 2 rings (SSSR count). The highest BCUT2D eigenvalue weighted by Crippen LogP contribution is 2.15. The van der Waals surface area contributed by atoms with Crippen LogP contribution in [0, 0.1) is 11.3 Å². The van der Waals surface area contributed by atoms with Gasteiger partial charge in [-0.15, -0.1) is 0 Å². The minimum Gasteiger partial charge on any atom is -0.395 e. The van der Waals surface area contributed by atoms with E-state index in [0.717, 1.165) is 11.0 Å². The smallest absolute Gasteiger partial charge is 0.124 e. The standard InChI is InChI=1S/C11H11N3O/c12-6-5-11-13-9-3-1-2-4-10(9)14(11)7-8-15/h1-4,15H,5,7-8H2. The van der Waals surface area contributed by atoms with E-state index in [9.17, 15) is 0 Å². The van der Waals surface area contributed by atoms with E-state index in [4.69, 9.17) is 10.4 Å². The molecule has 0 saturated heterocycles. The SMILES string of the molecule is N#CCc1nc2ccccc2n1CCO. The lowest BCUT2D eigenvalue weighted by molar-refractivity contribution is 0.276. The van der Waals surface area contributed by atoms with E-state index in [1.54, 1.807) is 0 Å². The fraction of sp³-hybridized carbons (Fsp3) is 0.273. The average Bonchev–Trinajstić information content (AvgIpc) is 2.59. The molecule has 0 bridgehead atoms. The summed E-state index contributed by atoms with van der Waals surface area (Å²) in [5.74, 6) is 0.716. The maximum atomic E-state index is 8.96. The Morgan fingerprint density at radius 1 is 1.40 bits per heavy atom. The van der Waals surface area contributed by atoms with Crippen molar-refractivity contribution >= 4 is 11.0 Å². The number of rotatable bonds is 3. The Morgan fingerprint density at radius 2 is 2.20 bits per heavy atom. The monoisotopic (exact) mass is 201 g/mol. The molecular formula is C11H11N3O. The van der Waals surface area contributed by atoms with E-state index in [2.05, 4.69) is 11.1 Å². The number of imidazole rings is 1. The zero-order valence-corrected chi connectivity index (χ0v) is 8.22. The van der Waals surface area contributed by atoms with Crippen molar-refractivity contribution in [1.29, 1.82) is 5.26 Å². The normalized spacial score (nSPS) is 10.4. The number of nitrogens with zero attached hydrogens (tertiary/aromatic N) is 3. The van der Waals surface area contributed by atoms with Gasteiger partial charge in [0.25, 0.3) is 0 Å². The molecule has 15 heavy (non-hydrogen) atoms. The van der Waals surface area contributed by atoms with Crippen molar-refractivity contribution in [3.63, 3.8) is 0 Å². The Hall–Kier alpha value is -1.86. The lowest BCUT2D eigenvalue weighted by Crippen LogP contribution is -2.06. The predicted molar refractivity (Wildman–Crippen MR) is 56.1 cm³/mol. The van der Waals surface area contributed by atoms with Gasteiger partial charge >= 0.3 is 0 Å². The van der Waals surface area contributed by atoms with Crippen LogP contribution in [0.15, 0.2) is 24.3 Å². The van der Waals surface area contributed by atoms with Gasteiger partial charge in [-0.25, -0.2) is 4.98 Å². The summed E-state index contributed by atoms with van der Waals surface area (Å²) in [6.07, 6.45) is 0.272. The van der Waals surface area contributed by atoms with E-state index < -0.39 is 0 Å². The second-order valence-electron chi connectivity index (χ2n) is 3.23. The highest BCUT2D eigenvalue weighted by Gasteiger charge is 2.08. The number of hydrogen-bond acceptors (Lipinski definition) is 3. The quantitative estimate of drug-likeness (QED) is 0.808. The van der Waals surface area contributed by atoms with E-state index in [-0.39, 0.29) is 13.0 Å². The Balaban J connectivity index is 2.59. The van der Waals surface area contributed by atoms with Crippen molar-refractivity contribution in [2.75, 3.05) is 6.61 Å². The summed E-state index contributed by atoms with van der Waals surface area (Å²) in [6, 6.07) is 9.77. The number of aromatic nitrogens is 2. The Morgan fingerprint density at radius 3 is 2.93 bits per heavy atom.